The van der Waals surface area contributed by atoms with Crippen molar-refractivity contribution in [3.8, 4) is 0 Å². The number of likely N-dealkylation sites (tertiary alicyclic amines) is 1. The summed E-state index contributed by atoms with van der Waals surface area (Å²) < 4.78 is 0. The highest BCUT2D eigenvalue weighted by Gasteiger charge is 2.16. The van der Waals surface area contributed by atoms with Gasteiger partial charge in [0.1, 0.15) is 0 Å². The Kier molecular flexibility index (Phi) is 4.74. The van der Waals surface area contributed by atoms with E-state index in [9.17, 15) is 9.59 Å². The lowest BCUT2D eigenvalue weighted by atomic mass is 10.1. The van der Waals surface area contributed by atoms with Crippen molar-refractivity contribution in [3.63, 3.8) is 0 Å². The summed E-state index contributed by atoms with van der Waals surface area (Å²) in [4.78, 5) is 25.4. The Bertz CT molecular complexity index is 508. The number of anilines is 1. The number of aromatic carboxylic acids is 1. The molecule has 1 aromatic rings. The van der Waals surface area contributed by atoms with Crippen LogP contribution in [0.3, 0.4) is 0 Å². The molecule has 1 heterocycles. The van der Waals surface area contributed by atoms with E-state index in [-0.39, 0.29) is 11.5 Å². The molecule has 1 fully saturated rings. The molecule has 20 heavy (non-hydrogen) atoms. The SMILES string of the molecule is Cc1cccc(C(=O)O)c1NC(=O)CCN1CCCC1. The van der Waals surface area contributed by atoms with Gasteiger partial charge < -0.3 is 15.3 Å². The molecule has 1 amide bonds. The summed E-state index contributed by atoms with van der Waals surface area (Å²) in [7, 11) is 0. The van der Waals surface area contributed by atoms with E-state index in [1.807, 2.05) is 0 Å². The van der Waals surface area contributed by atoms with Crippen LogP contribution in [0.5, 0.6) is 0 Å². The van der Waals surface area contributed by atoms with Crippen LogP contribution in [0.2, 0.25) is 0 Å². The smallest absolute Gasteiger partial charge is 0.337 e. The molecule has 0 bridgehead atoms. The van der Waals surface area contributed by atoms with Gasteiger partial charge >= 0.3 is 5.97 Å². The number of carbonyl (C=O) groups is 2. The highest BCUT2D eigenvalue weighted by Crippen LogP contribution is 2.21. The standard InChI is InChI=1S/C15H20N2O3/c1-11-5-4-6-12(15(19)20)14(11)16-13(18)7-10-17-8-2-3-9-17/h4-6H,2-3,7-10H2,1H3,(H,16,18)(H,19,20). The largest absolute Gasteiger partial charge is 0.478 e. The van der Waals surface area contributed by atoms with E-state index in [0.29, 0.717) is 12.1 Å². The zero-order valence-electron chi connectivity index (χ0n) is 11.7. The molecule has 108 valence electrons. The van der Waals surface area contributed by atoms with Crippen LogP contribution >= 0.6 is 0 Å². The average Bonchev–Trinajstić information content (AvgIpc) is 2.91. The van der Waals surface area contributed by atoms with Gasteiger partial charge in [0.2, 0.25) is 5.91 Å². The zero-order valence-corrected chi connectivity index (χ0v) is 11.7. The topological polar surface area (TPSA) is 69.6 Å². The Labute approximate surface area is 118 Å². The number of rotatable bonds is 5. The quantitative estimate of drug-likeness (QED) is 0.864. The monoisotopic (exact) mass is 276 g/mol. The third kappa shape index (κ3) is 3.57. The molecular formula is C15H20N2O3. The summed E-state index contributed by atoms with van der Waals surface area (Å²) in [5.41, 5.74) is 1.31. The molecule has 5 nitrogen and oxygen atoms in total. The fourth-order valence-corrected chi connectivity index (χ4v) is 2.48. The lowest BCUT2D eigenvalue weighted by molar-refractivity contribution is -0.116. The third-order valence-corrected chi connectivity index (χ3v) is 3.62. The molecular weight excluding hydrogens is 256 g/mol. The molecule has 2 rings (SSSR count). The van der Waals surface area contributed by atoms with E-state index in [1.54, 1.807) is 19.1 Å². The van der Waals surface area contributed by atoms with Crippen molar-refractivity contribution in [2.24, 2.45) is 0 Å². The molecule has 1 aromatic carbocycles. The van der Waals surface area contributed by atoms with Gasteiger partial charge in [-0.05, 0) is 44.5 Å². The van der Waals surface area contributed by atoms with Crippen LogP contribution in [0.25, 0.3) is 0 Å². The molecule has 0 radical (unpaired) electrons. The van der Waals surface area contributed by atoms with Crippen LogP contribution in [0.1, 0.15) is 35.2 Å². The highest BCUT2D eigenvalue weighted by molar-refractivity contribution is 6.01. The second-order valence-electron chi connectivity index (χ2n) is 5.15. The van der Waals surface area contributed by atoms with Crippen molar-refractivity contribution in [1.29, 1.82) is 0 Å². The van der Waals surface area contributed by atoms with Gasteiger partial charge in [-0.1, -0.05) is 12.1 Å². The van der Waals surface area contributed by atoms with Crippen LogP contribution in [-0.4, -0.2) is 41.5 Å². The number of benzene rings is 1. The normalized spacial score (nSPS) is 15.2. The number of nitrogens with zero attached hydrogens (tertiary/aromatic N) is 1. The fourth-order valence-electron chi connectivity index (χ4n) is 2.48. The van der Waals surface area contributed by atoms with E-state index in [0.717, 1.165) is 25.2 Å². The summed E-state index contributed by atoms with van der Waals surface area (Å²) in [6.45, 7) is 4.64. The minimum atomic E-state index is -1.02. The van der Waals surface area contributed by atoms with Gasteiger partial charge in [-0.15, -0.1) is 0 Å². The number of carbonyl (C=O) groups excluding carboxylic acids is 1. The first-order chi connectivity index (χ1) is 9.58. The maximum absolute atomic E-state index is 12.0. The number of aryl methyl sites for hydroxylation is 1. The fraction of sp³-hybridized carbons (Fsp3) is 0.467. The van der Waals surface area contributed by atoms with Crippen molar-refractivity contribution in [2.45, 2.75) is 26.2 Å². The Morgan fingerprint density at radius 3 is 2.65 bits per heavy atom. The number of carboxylic acids is 1. The minimum absolute atomic E-state index is 0.131. The molecule has 0 spiro atoms. The molecule has 1 aliphatic heterocycles. The number of amides is 1. The van der Waals surface area contributed by atoms with E-state index in [1.165, 1.54) is 18.9 Å². The molecule has 0 aromatic heterocycles. The molecule has 0 saturated carbocycles. The first-order valence-electron chi connectivity index (χ1n) is 6.93. The number of nitrogens with one attached hydrogen (secondary N) is 1. The van der Waals surface area contributed by atoms with Crippen molar-refractivity contribution in [1.82, 2.24) is 4.90 Å². The second kappa shape index (κ2) is 6.52. The van der Waals surface area contributed by atoms with Crippen molar-refractivity contribution >= 4 is 17.6 Å². The lowest BCUT2D eigenvalue weighted by Gasteiger charge is -2.15. The van der Waals surface area contributed by atoms with E-state index < -0.39 is 5.97 Å². The predicted octanol–water partition coefficient (Wildman–Crippen LogP) is 2.12. The Morgan fingerprint density at radius 1 is 1.30 bits per heavy atom. The molecule has 1 aliphatic rings. The maximum Gasteiger partial charge on any atom is 0.337 e. The maximum atomic E-state index is 12.0. The minimum Gasteiger partial charge on any atom is -0.478 e. The molecule has 5 heteroatoms. The summed E-state index contributed by atoms with van der Waals surface area (Å²) in [6, 6.07) is 4.98. The van der Waals surface area contributed by atoms with E-state index in [4.69, 9.17) is 5.11 Å². The van der Waals surface area contributed by atoms with Gasteiger partial charge in [0.25, 0.3) is 0 Å². The van der Waals surface area contributed by atoms with E-state index >= 15 is 0 Å². The van der Waals surface area contributed by atoms with Crippen LogP contribution < -0.4 is 5.32 Å². The van der Waals surface area contributed by atoms with Gasteiger partial charge in [0.15, 0.2) is 0 Å². The summed E-state index contributed by atoms with van der Waals surface area (Å²) in [5, 5.41) is 11.9. The van der Waals surface area contributed by atoms with Crippen LogP contribution in [0.15, 0.2) is 18.2 Å². The van der Waals surface area contributed by atoms with Crippen LogP contribution in [0, 0.1) is 6.92 Å². The summed E-state index contributed by atoms with van der Waals surface area (Å²) >= 11 is 0. The number of para-hydroxylation sites is 1. The summed E-state index contributed by atoms with van der Waals surface area (Å²) in [6.07, 6.45) is 2.79. The lowest BCUT2D eigenvalue weighted by Crippen LogP contribution is -2.25. The van der Waals surface area contributed by atoms with Gasteiger partial charge in [-0.3, -0.25) is 4.79 Å². The van der Waals surface area contributed by atoms with Crippen LogP contribution in [0.4, 0.5) is 5.69 Å². The Hall–Kier alpha value is -1.88. The van der Waals surface area contributed by atoms with Crippen LogP contribution in [-0.2, 0) is 4.79 Å². The van der Waals surface area contributed by atoms with Crippen molar-refractivity contribution < 1.29 is 14.7 Å². The Morgan fingerprint density at radius 2 is 2.00 bits per heavy atom. The van der Waals surface area contributed by atoms with Gasteiger partial charge in [0, 0.05) is 13.0 Å². The molecule has 0 atom stereocenters. The third-order valence-electron chi connectivity index (χ3n) is 3.62. The van der Waals surface area contributed by atoms with Crippen molar-refractivity contribution in [2.75, 3.05) is 25.0 Å². The summed E-state index contributed by atoms with van der Waals surface area (Å²) in [5.74, 6) is -1.16. The number of hydrogen-bond acceptors (Lipinski definition) is 3. The average molecular weight is 276 g/mol. The van der Waals surface area contributed by atoms with E-state index in [2.05, 4.69) is 10.2 Å². The number of hydrogen-bond donors (Lipinski definition) is 2. The Balaban J connectivity index is 1.98. The molecule has 0 unspecified atom stereocenters. The van der Waals surface area contributed by atoms with Crippen molar-refractivity contribution in [3.05, 3.63) is 29.3 Å². The highest BCUT2D eigenvalue weighted by atomic mass is 16.4. The molecule has 1 saturated heterocycles. The predicted molar refractivity (Wildman–Crippen MR) is 77.1 cm³/mol. The number of carboxylic acid groups (broad SMARTS) is 1. The van der Waals surface area contributed by atoms with Gasteiger partial charge in [0.05, 0.1) is 11.3 Å². The second-order valence-corrected chi connectivity index (χ2v) is 5.15. The van der Waals surface area contributed by atoms with Gasteiger partial charge in [-0.2, -0.15) is 0 Å². The molecule has 2 N–H and O–H groups in total. The first-order valence-corrected chi connectivity index (χ1v) is 6.93. The first kappa shape index (κ1) is 14.5. The molecule has 0 aliphatic carbocycles. The zero-order chi connectivity index (χ0) is 14.5. The van der Waals surface area contributed by atoms with Gasteiger partial charge in [-0.25, -0.2) is 4.79 Å².